The molecule has 0 heterocycles. The monoisotopic (exact) mass is 331 g/mol. The summed E-state index contributed by atoms with van der Waals surface area (Å²) in [5, 5.41) is 4.58. The maximum Gasteiger partial charge on any atom is 0.251 e. The number of hydrogen-bond donors (Lipinski definition) is 1. The van der Waals surface area contributed by atoms with Gasteiger partial charge in [-0.25, -0.2) is 0 Å². The van der Waals surface area contributed by atoms with Crippen LogP contribution in [0.15, 0.2) is 18.2 Å². The third kappa shape index (κ3) is 3.99. The summed E-state index contributed by atoms with van der Waals surface area (Å²) in [7, 11) is 0. The van der Waals surface area contributed by atoms with Crippen LogP contribution >= 0.6 is 27.5 Å². The lowest BCUT2D eigenvalue weighted by molar-refractivity contribution is 0.0924. The molecular formula is C14H19BrClNO. The minimum atomic E-state index is -0.0466. The molecule has 0 bridgehead atoms. The molecule has 100 valence electrons. The van der Waals surface area contributed by atoms with Crippen LogP contribution in [0.3, 0.4) is 0 Å². The van der Waals surface area contributed by atoms with E-state index in [1.54, 1.807) is 12.1 Å². The van der Waals surface area contributed by atoms with Crippen molar-refractivity contribution < 1.29 is 4.79 Å². The van der Waals surface area contributed by atoms with Crippen molar-refractivity contribution in [3.8, 4) is 0 Å². The smallest absolute Gasteiger partial charge is 0.251 e. The molecule has 0 saturated carbocycles. The van der Waals surface area contributed by atoms with Crippen LogP contribution < -0.4 is 5.32 Å². The summed E-state index contributed by atoms with van der Waals surface area (Å²) in [5.74, 6) is 0.362. The second-order valence-electron chi connectivity index (χ2n) is 4.71. The number of rotatable bonds is 5. The zero-order valence-electron chi connectivity index (χ0n) is 11.0. The summed E-state index contributed by atoms with van der Waals surface area (Å²) >= 11 is 9.45. The van der Waals surface area contributed by atoms with E-state index in [1.165, 1.54) is 0 Å². The Morgan fingerprint density at radius 2 is 2.11 bits per heavy atom. The molecule has 1 aromatic carbocycles. The van der Waals surface area contributed by atoms with Crippen molar-refractivity contribution in [1.82, 2.24) is 5.32 Å². The normalized spacial score (nSPS) is 12.6. The van der Waals surface area contributed by atoms with Crippen molar-refractivity contribution in [2.75, 3.05) is 5.33 Å². The minimum absolute atomic E-state index is 0.0466. The van der Waals surface area contributed by atoms with Gasteiger partial charge in [-0.15, -0.1) is 0 Å². The lowest BCUT2D eigenvalue weighted by Crippen LogP contribution is -2.39. The Morgan fingerprint density at radius 3 is 2.67 bits per heavy atom. The standard InChI is InChI=1S/C14H19BrClNO/c1-9(2)13(7-8-15)17-14(18)11-5-4-6-12(16)10(11)3/h4-6,9,13H,7-8H2,1-3H3,(H,17,18). The fourth-order valence-electron chi connectivity index (χ4n) is 1.79. The van der Waals surface area contributed by atoms with Crippen LogP contribution in [0.5, 0.6) is 0 Å². The van der Waals surface area contributed by atoms with Crippen LogP contribution in [-0.4, -0.2) is 17.3 Å². The van der Waals surface area contributed by atoms with Gasteiger partial charge in [-0.3, -0.25) is 4.79 Å². The third-order valence-electron chi connectivity index (χ3n) is 3.05. The van der Waals surface area contributed by atoms with Crippen LogP contribution in [0, 0.1) is 12.8 Å². The van der Waals surface area contributed by atoms with Gasteiger partial charge in [-0.2, -0.15) is 0 Å². The van der Waals surface area contributed by atoms with E-state index < -0.39 is 0 Å². The van der Waals surface area contributed by atoms with E-state index in [0.29, 0.717) is 16.5 Å². The van der Waals surface area contributed by atoms with Gasteiger partial charge in [0.1, 0.15) is 0 Å². The van der Waals surface area contributed by atoms with Crippen LogP contribution in [0.2, 0.25) is 5.02 Å². The predicted molar refractivity (Wildman–Crippen MR) is 80.7 cm³/mol. The van der Waals surface area contributed by atoms with Gasteiger partial charge < -0.3 is 5.32 Å². The molecule has 1 rings (SSSR count). The SMILES string of the molecule is Cc1c(Cl)cccc1C(=O)NC(CCBr)C(C)C. The van der Waals surface area contributed by atoms with Gasteiger partial charge in [0, 0.05) is 22.0 Å². The molecule has 0 fully saturated rings. The molecule has 0 saturated heterocycles. The first-order valence-electron chi connectivity index (χ1n) is 6.09. The van der Waals surface area contributed by atoms with Gasteiger partial charge in [0.15, 0.2) is 0 Å². The van der Waals surface area contributed by atoms with Crippen LogP contribution in [-0.2, 0) is 0 Å². The first-order valence-corrected chi connectivity index (χ1v) is 7.59. The Hall–Kier alpha value is -0.540. The highest BCUT2D eigenvalue weighted by Gasteiger charge is 2.18. The molecule has 1 aromatic rings. The molecule has 0 aliphatic carbocycles. The van der Waals surface area contributed by atoms with Crippen molar-refractivity contribution in [2.24, 2.45) is 5.92 Å². The van der Waals surface area contributed by atoms with Gasteiger partial charge in [0.2, 0.25) is 0 Å². The largest absolute Gasteiger partial charge is 0.349 e. The van der Waals surface area contributed by atoms with Gasteiger partial charge in [-0.1, -0.05) is 47.4 Å². The summed E-state index contributed by atoms with van der Waals surface area (Å²) in [5.41, 5.74) is 1.49. The molecule has 0 aliphatic rings. The Labute approximate surface area is 122 Å². The van der Waals surface area contributed by atoms with Crippen molar-refractivity contribution >= 4 is 33.4 Å². The summed E-state index contributed by atoms with van der Waals surface area (Å²) in [6.07, 6.45) is 0.920. The Morgan fingerprint density at radius 1 is 1.44 bits per heavy atom. The van der Waals surface area contributed by atoms with E-state index in [-0.39, 0.29) is 11.9 Å². The fraction of sp³-hybridized carbons (Fsp3) is 0.500. The van der Waals surface area contributed by atoms with Crippen LogP contribution in [0.1, 0.15) is 36.2 Å². The van der Waals surface area contributed by atoms with Gasteiger partial charge in [-0.05, 0) is 37.0 Å². The molecule has 1 N–H and O–H groups in total. The first-order chi connectivity index (χ1) is 8.47. The molecule has 1 amide bonds. The quantitative estimate of drug-likeness (QED) is 0.805. The van der Waals surface area contributed by atoms with E-state index >= 15 is 0 Å². The van der Waals surface area contributed by atoms with E-state index in [4.69, 9.17) is 11.6 Å². The Balaban J connectivity index is 2.84. The number of amides is 1. The number of nitrogens with one attached hydrogen (secondary N) is 1. The number of carbonyl (C=O) groups is 1. The highest BCUT2D eigenvalue weighted by atomic mass is 79.9. The second-order valence-corrected chi connectivity index (χ2v) is 5.91. The Bertz CT molecular complexity index is 420. The number of alkyl halides is 1. The number of hydrogen-bond acceptors (Lipinski definition) is 1. The van der Waals surface area contributed by atoms with E-state index in [0.717, 1.165) is 17.3 Å². The summed E-state index contributed by atoms with van der Waals surface area (Å²) in [6.45, 7) is 6.09. The summed E-state index contributed by atoms with van der Waals surface area (Å²) < 4.78 is 0. The molecule has 0 aromatic heterocycles. The lowest BCUT2D eigenvalue weighted by atomic mass is 10.0. The van der Waals surface area contributed by atoms with Crippen LogP contribution in [0.4, 0.5) is 0 Å². The molecular weight excluding hydrogens is 314 g/mol. The topological polar surface area (TPSA) is 29.1 Å². The number of benzene rings is 1. The highest BCUT2D eigenvalue weighted by Crippen LogP contribution is 2.19. The van der Waals surface area contributed by atoms with Crippen molar-refractivity contribution in [3.63, 3.8) is 0 Å². The molecule has 18 heavy (non-hydrogen) atoms. The zero-order chi connectivity index (χ0) is 13.7. The lowest BCUT2D eigenvalue weighted by Gasteiger charge is -2.22. The first kappa shape index (κ1) is 15.5. The van der Waals surface area contributed by atoms with Crippen molar-refractivity contribution in [3.05, 3.63) is 34.3 Å². The van der Waals surface area contributed by atoms with Crippen molar-refractivity contribution in [1.29, 1.82) is 0 Å². The van der Waals surface area contributed by atoms with Gasteiger partial charge >= 0.3 is 0 Å². The number of carbonyl (C=O) groups excluding carboxylic acids is 1. The van der Waals surface area contributed by atoms with E-state index in [2.05, 4.69) is 35.1 Å². The molecule has 1 unspecified atom stereocenters. The van der Waals surface area contributed by atoms with E-state index in [9.17, 15) is 4.79 Å². The third-order valence-corrected chi connectivity index (χ3v) is 3.92. The zero-order valence-corrected chi connectivity index (χ0v) is 13.3. The molecule has 1 atom stereocenters. The predicted octanol–water partition coefficient (Wildman–Crippen LogP) is 4.19. The Kier molecular flexibility index (Phi) is 6.16. The highest BCUT2D eigenvalue weighted by molar-refractivity contribution is 9.09. The summed E-state index contributed by atoms with van der Waals surface area (Å²) in [6, 6.07) is 5.59. The average molecular weight is 333 g/mol. The molecule has 2 nitrogen and oxygen atoms in total. The molecule has 0 spiro atoms. The second kappa shape index (κ2) is 7.15. The average Bonchev–Trinajstić information content (AvgIpc) is 2.31. The van der Waals surface area contributed by atoms with Crippen LogP contribution in [0.25, 0.3) is 0 Å². The van der Waals surface area contributed by atoms with Gasteiger partial charge in [0.25, 0.3) is 5.91 Å². The fourth-order valence-corrected chi connectivity index (χ4v) is 2.46. The maximum atomic E-state index is 12.2. The maximum absolute atomic E-state index is 12.2. The van der Waals surface area contributed by atoms with Gasteiger partial charge in [0.05, 0.1) is 0 Å². The molecule has 0 radical (unpaired) electrons. The molecule has 0 aliphatic heterocycles. The van der Waals surface area contributed by atoms with E-state index in [1.807, 2.05) is 13.0 Å². The minimum Gasteiger partial charge on any atom is -0.349 e. The van der Waals surface area contributed by atoms with Crippen molar-refractivity contribution in [2.45, 2.75) is 33.2 Å². The summed E-state index contributed by atoms with van der Waals surface area (Å²) in [4.78, 5) is 12.2. The number of halogens is 2. The molecule has 4 heteroatoms.